The zero-order chi connectivity index (χ0) is 13.4. The normalized spacial score (nSPS) is 18.1. The molecule has 1 saturated carbocycles. The summed E-state index contributed by atoms with van der Waals surface area (Å²) in [6, 6.07) is 0. The third kappa shape index (κ3) is 4.03. The van der Waals surface area contributed by atoms with Crippen LogP contribution in [0.2, 0.25) is 0 Å². The smallest absolute Gasteiger partial charge is 0.223 e. The Hall–Kier alpha value is -1.01. The van der Waals surface area contributed by atoms with E-state index in [1.54, 1.807) is 4.90 Å². The predicted octanol–water partition coefficient (Wildman–Crippen LogP) is 2.16. The molecule has 2 N–H and O–H groups in total. The zero-order valence-corrected chi connectivity index (χ0v) is 11.6. The topological polar surface area (TPSA) is 46.3 Å². The van der Waals surface area contributed by atoms with Gasteiger partial charge in [0.2, 0.25) is 5.91 Å². The highest BCUT2D eigenvalue weighted by Gasteiger charge is 2.34. The van der Waals surface area contributed by atoms with Gasteiger partial charge in [-0.2, -0.15) is 0 Å². The van der Waals surface area contributed by atoms with E-state index in [4.69, 9.17) is 12.2 Å². The third-order valence-corrected chi connectivity index (χ3v) is 4.00. The van der Waals surface area contributed by atoms with Crippen molar-refractivity contribution >= 4 is 5.91 Å². The van der Waals surface area contributed by atoms with Gasteiger partial charge in [-0.15, -0.1) is 6.42 Å². The molecule has 0 aromatic rings. The van der Waals surface area contributed by atoms with Crippen LogP contribution in [0.3, 0.4) is 0 Å². The van der Waals surface area contributed by atoms with E-state index in [1.165, 1.54) is 19.3 Å². The van der Waals surface area contributed by atoms with Crippen molar-refractivity contribution in [3.05, 3.63) is 0 Å². The quantitative estimate of drug-likeness (QED) is 0.734. The molecule has 0 saturated heterocycles. The minimum atomic E-state index is 0.0376. The van der Waals surface area contributed by atoms with Crippen molar-refractivity contribution in [1.29, 1.82) is 0 Å². The van der Waals surface area contributed by atoms with Gasteiger partial charge in [0.1, 0.15) is 0 Å². The fourth-order valence-corrected chi connectivity index (χ4v) is 2.86. The van der Waals surface area contributed by atoms with Crippen molar-refractivity contribution in [2.45, 2.75) is 51.9 Å². The van der Waals surface area contributed by atoms with Crippen LogP contribution in [0.4, 0.5) is 0 Å². The molecule has 0 spiro atoms. The Labute approximate surface area is 111 Å². The first kappa shape index (κ1) is 15.0. The summed E-state index contributed by atoms with van der Waals surface area (Å²) in [7, 11) is 0. The van der Waals surface area contributed by atoms with E-state index in [-0.39, 0.29) is 11.3 Å². The molecule has 0 bridgehead atoms. The summed E-state index contributed by atoms with van der Waals surface area (Å²) in [6.07, 6.45) is 12.7. The Morgan fingerprint density at radius 3 is 2.56 bits per heavy atom. The summed E-state index contributed by atoms with van der Waals surface area (Å²) in [5.41, 5.74) is 5.96. The van der Waals surface area contributed by atoms with Crippen molar-refractivity contribution in [2.75, 3.05) is 19.6 Å². The van der Waals surface area contributed by atoms with E-state index in [9.17, 15) is 4.79 Å². The number of nitrogens with two attached hydrogens (primary N) is 1. The van der Waals surface area contributed by atoms with Crippen LogP contribution in [0.25, 0.3) is 0 Å². The summed E-state index contributed by atoms with van der Waals surface area (Å²) in [5.74, 6) is 2.76. The molecular formula is C15H26N2O. The molecule has 0 aliphatic heterocycles. The van der Waals surface area contributed by atoms with E-state index in [2.05, 4.69) is 12.8 Å². The van der Waals surface area contributed by atoms with E-state index >= 15 is 0 Å². The molecule has 1 aliphatic carbocycles. The average molecular weight is 250 g/mol. The molecule has 0 aromatic carbocycles. The molecule has 1 rings (SSSR count). The van der Waals surface area contributed by atoms with Crippen LogP contribution in [0, 0.1) is 17.8 Å². The summed E-state index contributed by atoms with van der Waals surface area (Å²) in [6.45, 7) is 3.86. The molecule has 3 nitrogen and oxygen atoms in total. The van der Waals surface area contributed by atoms with Gasteiger partial charge in [0, 0.05) is 13.0 Å². The van der Waals surface area contributed by atoms with Crippen LogP contribution >= 0.6 is 0 Å². The first-order chi connectivity index (χ1) is 8.67. The standard InChI is InChI=1S/C15H26N2O/c1-3-10-17(11-4-2)14(18)12-15(13-16)8-6-5-7-9-15/h1H,4-13,16H2,2H3. The number of rotatable bonds is 6. The summed E-state index contributed by atoms with van der Waals surface area (Å²) in [4.78, 5) is 14.1. The summed E-state index contributed by atoms with van der Waals surface area (Å²) < 4.78 is 0. The zero-order valence-electron chi connectivity index (χ0n) is 11.6. The molecular weight excluding hydrogens is 224 g/mol. The number of amides is 1. The Morgan fingerprint density at radius 1 is 1.39 bits per heavy atom. The van der Waals surface area contributed by atoms with Gasteiger partial charge in [-0.3, -0.25) is 4.79 Å². The second-order valence-electron chi connectivity index (χ2n) is 5.46. The Balaban J connectivity index is 2.62. The van der Waals surface area contributed by atoms with E-state index < -0.39 is 0 Å². The van der Waals surface area contributed by atoms with E-state index in [1.807, 2.05) is 0 Å². The fourth-order valence-electron chi connectivity index (χ4n) is 2.86. The highest BCUT2D eigenvalue weighted by molar-refractivity contribution is 5.77. The van der Waals surface area contributed by atoms with Gasteiger partial charge < -0.3 is 10.6 Å². The maximum atomic E-state index is 12.3. The number of terminal acetylenes is 1. The first-order valence-electron chi connectivity index (χ1n) is 7.09. The van der Waals surface area contributed by atoms with E-state index in [0.717, 1.165) is 25.8 Å². The van der Waals surface area contributed by atoms with Gasteiger partial charge in [-0.1, -0.05) is 32.1 Å². The van der Waals surface area contributed by atoms with Crippen LogP contribution in [0.5, 0.6) is 0 Å². The monoisotopic (exact) mass is 250 g/mol. The van der Waals surface area contributed by atoms with Crippen molar-refractivity contribution in [2.24, 2.45) is 11.1 Å². The second-order valence-corrected chi connectivity index (χ2v) is 5.46. The number of nitrogens with zero attached hydrogens (tertiary/aromatic N) is 1. The predicted molar refractivity (Wildman–Crippen MR) is 74.9 cm³/mol. The van der Waals surface area contributed by atoms with Crippen molar-refractivity contribution in [3.8, 4) is 12.3 Å². The molecule has 18 heavy (non-hydrogen) atoms. The minimum absolute atomic E-state index is 0.0376. The highest BCUT2D eigenvalue weighted by Crippen LogP contribution is 2.38. The lowest BCUT2D eigenvalue weighted by Crippen LogP contribution is -2.41. The fraction of sp³-hybridized carbons (Fsp3) is 0.800. The average Bonchev–Trinajstić information content (AvgIpc) is 2.39. The maximum absolute atomic E-state index is 12.3. The lowest BCUT2D eigenvalue weighted by atomic mass is 9.71. The van der Waals surface area contributed by atoms with Crippen molar-refractivity contribution < 1.29 is 4.79 Å². The maximum Gasteiger partial charge on any atom is 0.223 e. The molecule has 0 heterocycles. The Morgan fingerprint density at radius 2 is 2.06 bits per heavy atom. The molecule has 3 heteroatoms. The van der Waals surface area contributed by atoms with Crippen LogP contribution in [0.1, 0.15) is 51.9 Å². The molecule has 0 aromatic heterocycles. The number of hydrogen-bond acceptors (Lipinski definition) is 2. The summed E-state index contributed by atoms with van der Waals surface area (Å²) in [5, 5.41) is 0. The number of carbonyl (C=O) groups excluding carboxylic acids is 1. The molecule has 0 unspecified atom stereocenters. The SMILES string of the molecule is C#CCN(CCC)C(=O)CC1(CN)CCCCC1. The largest absolute Gasteiger partial charge is 0.332 e. The lowest BCUT2D eigenvalue weighted by molar-refractivity contribution is -0.133. The van der Waals surface area contributed by atoms with Crippen LogP contribution < -0.4 is 5.73 Å². The van der Waals surface area contributed by atoms with Gasteiger partial charge in [-0.05, 0) is 31.2 Å². The van der Waals surface area contributed by atoms with E-state index in [0.29, 0.717) is 19.5 Å². The van der Waals surface area contributed by atoms with Gasteiger partial charge >= 0.3 is 0 Å². The first-order valence-corrected chi connectivity index (χ1v) is 7.09. The van der Waals surface area contributed by atoms with Gasteiger partial charge in [0.05, 0.1) is 6.54 Å². The Kier molecular flexibility index (Phi) is 6.21. The van der Waals surface area contributed by atoms with Gasteiger partial charge in [-0.25, -0.2) is 0 Å². The van der Waals surface area contributed by atoms with Gasteiger partial charge in [0.15, 0.2) is 0 Å². The number of hydrogen-bond donors (Lipinski definition) is 1. The molecule has 0 radical (unpaired) electrons. The van der Waals surface area contributed by atoms with Crippen molar-refractivity contribution in [1.82, 2.24) is 4.90 Å². The third-order valence-electron chi connectivity index (χ3n) is 4.00. The van der Waals surface area contributed by atoms with Gasteiger partial charge in [0.25, 0.3) is 0 Å². The Bertz CT molecular complexity index is 300. The minimum Gasteiger partial charge on any atom is -0.332 e. The molecule has 0 atom stereocenters. The van der Waals surface area contributed by atoms with Crippen LogP contribution in [0.15, 0.2) is 0 Å². The molecule has 102 valence electrons. The molecule has 1 amide bonds. The number of carbonyl (C=O) groups is 1. The summed E-state index contributed by atoms with van der Waals surface area (Å²) >= 11 is 0. The second kappa shape index (κ2) is 7.43. The van der Waals surface area contributed by atoms with Crippen LogP contribution in [-0.4, -0.2) is 30.4 Å². The van der Waals surface area contributed by atoms with Crippen LogP contribution in [-0.2, 0) is 4.79 Å². The highest BCUT2D eigenvalue weighted by atomic mass is 16.2. The molecule has 1 aliphatic rings. The van der Waals surface area contributed by atoms with Crippen molar-refractivity contribution in [3.63, 3.8) is 0 Å². The molecule has 1 fully saturated rings. The lowest BCUT2D eigenvalue weighted by Gasteiger charge is -2.37.